The van der Waals surface area contributed by atoms with Crippen LogP contribution >= 0.6 is 0 Å². The topological polar surface area (TPSA) is 87.2 Å². The summed E-state index contributed by atoms with van der Waals surface area (Å²) in [6.07, 6.45) is 1.35. The summed E-state index contributed by atoms with van der Waals surface area (Å²) in [5.74, 6) is -2.29. The molecule has 20 heavy (non-hydrogen) atoms. The van der Waals surface area contributed by atoms with Crippen molar-refractivity contribution in [1.82, 2.24) is 4.31 Å². The van der Waals surface area contributed by atoms with Gasteiger partial charge in [0.1, 0.15) is 16.4 Å². The lowest BCUT2D eigenvalue weighted by Gasteiger charge is -2.21. The molecule has 108 valence electrons. The van der Waals surface area contributed by atoms with Gasteiger partial charge in [-0.15, -0.1) is 0 Å². The van der Waals surface area contributed by atoms with Gasteiger partial charge in [-0.2, -0.15) is 9.57 Å². The zero-order valence-electron chi connectivity index (χ0n) is 10.5. The first-order chi connectivity index (χ1) is 9.39. The normalized spacial score (nSPS) is 15.3. The number of benzene rings is 1. The minimum atomic E-state index is -4.12. The Morgan fingerprint density at radius 2 is 2.05 bits per heavy atom. The van der Waals surface area contributed by atoms with Crippen LogP contribution < -0.4 is 5.73 Å². The molecule has 1 aliphatic rings. The van der Waals surface area contributed by atoms with Gasteiger partial charge in [-0.3, -0.25) is 0 Å². The van der Waals surface area contributed by atoms with Gasteiger partial charge in [0.15, 0.2) is 5.82 Å². The molecule has 0 radical (unpaired) electrons. The number of nitriles is 1. The minimum absolute atomic E-state index is 0.00796. The largest absolute Gasteiger partial charge is 0.394 e. The molecule has 0 heterocycles. The van der Waals surface area contributed by atoms with Crippen LogP contribution in [0.3, 0.4) is 0 Å². The van der Waals surface area contributed by atoms with Gasteiger partial charge in [-0.1, -0.05) is 0 Å². The van der Waals surface area contributed by atoms with Crippen LogP contribution in [-0.4, -0.2) is 25.3 Å². The van der Waals surface area contributed by atoms with Crippen molar-refractivity contribution in [2.24, 2.45) is 0 Å². The van der Waals surface area contributed by atoms with E-state index < -0.39 is 32.2 Å². The van der Waals surface area contributed by atoms with Crippen molar-refractivity contribution in [2.45, 2.75) is 30.2 Å². The first-order valence-electron chi connectivity index (χ1n) is 6.02. The first kappa shape index (κ1) is 14.7. The molecule has 0 atom stereocenters. The number of rotatable bonds is 5. The second kappa shape index (κ2) is 5.34. The molecule has 1 aliphatic carbocycles. The summed E-state index contributed by atoms with van der Waals surface area (Å²) in [5.41, 5.74) is 4.37. The van der Waals surface area contributed by atoms with E-state index in [1.54, 1.807) is 0 Å². The van der Waals surface area contributed by atoms with Crippen LogP contribution in [0.2, 0.25) is 0 Å². The van der Waals surface area contributed by atoms with E-state index in [0.717, 1.165) is 16.4 Å². The van der Waals surface area contributed by atoms with Crippen molar-refractivity contribution >= 4 is 15.7 Å². The fraction of sp³-hybridized carbons (Fsp3) is 0.417. The third-order valence-corrected chi connectivity index (χ3v) is 5.05. The van der Waals surface area contributed by atoms with Crippen LogP contribution in [0.5, 0.6) is 0 Å². The number of sulfonamides is 1. The molecule has 1 aromatic carbocycles. The Labute approximate surface area is 115 Å². The van der Waals surface area contributed by atoms with E-state index in [0.29, 0.717) is 12.8 Å². The van der Waals surface area contributed by atoms with E-state index >= 15 is 0 Å². The van der Waals surface area contributed by atoms with E-state index in [1.807, 2.05) is 6.07 Å². The number of nitrogens with two attached hydrogens (primary N) is 1. The zero-order valence-corrected chi connectivity index (χ0v) is 11.3. The molecule has 0 amide bonds. The fourth-order valence-electron chi connectivity index (χ4n) is 1.90. The molecule has 5 nitrogen and oxygen atoms in total. The highest BCUT2D eigenvalue weighted by Crippen LogP contribution is 2.34. The molecular weight excluding hydrogens is 288 g/mol. The Bertz CT molecular complexity index is 666. The summed E-state index contributed by atoms with van der Waals surface area (Å²) in [7, 11) is -4.12. The Hall–Kier alpha value is -1.72. The quantitative estimate of drug-likeness (QED) is 0.837. The van der Waals surface area contributed by atoms with Gasteiger partial charge in [0, 0.05) is 19.0 Å². The molecule has 0 spiro atoms. The van der Waals surface area contributed by atoms with Crippen molar-refractivity contribution < 1.29 is 17.2 Å². The van der Waals surface area contributed by atoms with Crippen LogP contribution in [0, 0.1) is 23.0 Å². The second-order valence-electron chi connectivity index (χ2n) is 4.53. The van der Waals surface area contributed by atoms with Crippen LogP contribution in [0.15, 0.2) is 17.0 Å². The van der Waals surface area contributed by atoms with Crippen molar-refractivity contribution in [3.8, 4) is 6.07 Å². The van der Waals surface area contributed by atoms with Crippen molar-refractivity contribution in [3.05, 3.63) is 23.8 Å². The molecule has 1 fully saturated rings. The van der Waals surface area contributed by atoms with Crippen molar-refractivity contribution in [1.29, 1.82) is 5.26 Å². The second-order valence-corrected chi connectivity index (χ2v) is 6.39. The van der Waals surface area contributed by atoms with Gasteiger partial charge < -0.3 is 5.73 Å². The lowest BCUT2D eigenvalue weighted by atomic mass is 10.3. The zero-order chi connectivity index (χ0) is 14.9. The van der Waals surface area contributed by atoms with Gasteiger partial charge in [0.05, 0.1) is 6.07 Å². The number of halogens is 2. The molecule has 0 aliphatic heterocycles. The molecule has 1 aromatic rings. The van der Waals surface area contributed by atoms with Crippen LogP contribution in [0.4, 0.5) is 14.5 Å². The first-order valence-corrected chi connectivity index (χ1v) is 7.46. The summed E-state index contributed by atoms with van der Waals surface area (Å²) in [5, 5.41) is 8.57. The van der Waals surface area contributed by atoms with Crippen molar-refractivity contribution in [2.75, 3.05) is 12.3 Å². The third-order valence-electron chi connectivity index (χ3n) is 3.08. The number of hydrogen-bond acceptors (Lipinski definition) is 4. The van der Waals surface area contributed by atoms with Gasteiger partial charge in [0.2, 0.25) is 10.0 Å². The van der Waals surface area contributed by atoms with E-state index in [9.17, 15) is 17.2 Å². The van der Waals surface area contributed by atoms with Crippen LogP contribution in [-0.2, 0) is 10.0 Å². The molecule has 0 bridgehead atoms. The fourth-order valence-corrected chi connectivity index (χ4v) is 3.66. The Balaban J connectivity index is 2.43. The predicted octanol–water partition coefficient (Wildman–Crippen LogP) is 1.61. The summed E-state index contributed by atoms with van der Waals surface area (Å²) in [4.78, 5) is -0.652. The summed E-state index contributed by atoms with van der Waals surface area (Å²) in [6.45, 7) is -0.0137. The molecule has 0 saturated heterocycles. The molecule has 2 rings (SSSR count). The van der Waals surface area contributed by atoms with E-state index in [1.165, 1.54) is 0 Å². The average Bonchev–Trinajstić information content (AvgIpc) is 3.20. The maximum Gasteiger partial charge on any atom is 0.246 e. The van der Waals surface area contributed by atoms with Gasteiger partial charge >= 0.3 is 0 Å². The standard InChI is InChI=1S/C12H13F2N3O2S/c13-9-4-5-10(11(14)12(9)16)20(18,19)17(7-1-6-15)8-2-3-8/h4-5,8H,1-3,7,16H2. The van der Waals surface area contributed by atoms with Crippen molar-refractivity contribution in [3.63, 3.8) is 0 Å². The van der Waals surface area contributed by atoms with Crippen LogP contribution in [0.1, 0.15) is 19.3 Å². The smallest absolute Gasteiger partial charge is 0.246 e. The number of nitrogens with zero attached hydrogens (tertiary/aromatic N) is 2. The summed E-state index contributed by atoms with van der Waals surface area (Å²) >= 11 is 0. The Morgan fingerprint density at radius 3 is 2.60 bits per heavy atom. The highest BCUT2D eigenvalue weighted by molar-refractivity contribution is 7.89. The van der Waals surface area contributed by atoms with E-state index in [-0.39, 0.29) is 19.0 Å². The van der Waals surface area contributed by atoms with Gasteiger partial charge in [-0.25, -0.2) is 17.2 Å². The minimum Gasteiger partial charge on any atom is -0.394 e. The van der Waals surface area contributed by atoms with Gasteiger partial charge in [0.25, 0.3) is 0 Å². The molecule has 8 heteroatoms. The summed E-state index contributed by atoms with van der Waals surface area (Å²) in [6, 6.07) is 3.31. The number of hydrogen-bond donors (Lipinski definition) is 1. The average molecular weight is 301 g/mol. The highest BCUT2D eigenvalue weighted by atomic mass is 32.2. The predicted molar refractivity (Wildman–Crippen MR) is 67.9 cm³/mol. The Kier molecular flexibility index (Phi) is 3.92. The lowest BCUT2D eigenvalue weighted by Crippen LogP contribution is -2.34. The van der Waals surface area contributed by atoms with E-state index in [4.69, 9.17) is 11.0 Å². The SMILES string of the molecule is N#CCCN(C1CC1)S(=O)(=O)c1ccc(F)c(N)c1F. The lowest BCUT2D eigenvalue weighted by molar-refractivity contribution is 0.407. The van der Waals surface area contributed by atoms with Crippen LogP contribution in [0.25, 0.3) is 0 Å². The van der Waals surface area contributed by atoms with Gasteiger partial charge in [-0.05, 0) is 25.0 Å². The molecule has 0 aromatic heterocycles. The monoisotopic (exact) mass is 301 g/mol. The third kappa shape index (κ3) is 2.59. The molecule has 0 unspecified atom stereocenters. The number of nitrogen functional groups attached to an aromatic ring is 1. The molecule has 1 saturated carbocycles. The maximum atomic E-state index is 13.9. The van der Waals surface area contributed by atoms with E-state index in [2.05, 4.69) is 0 Å². The maximum absolute atomic E-state index is 13.9. The molecule has 2 N–H and O–H groups in total. The molecular formula is C12H13F2N3O2S. The summed E-state index contributed by atoms with van der Waals surface area (Å²) < 4.78 is 52.9. The highest BCUT2D eigenvalue weighted by Gasteiger charge is 2.39. The number of anilines is 1. The Morgan fingerprint density at radius 1 is 1.40 bits per heavy atom.